The van der Waals surface area contributed by atoms with Crippen LogP contribution >= 0.6 is 0 Å². The zero-order valence-electron chi connectivity index (χ0n) is 15.2. The van der Waals surface area contributed by atoms with Crippen LogP contribution < -0.4 is 10.1 Å². The Morgan fingerprint density at radius 2 is 1.89 bits per heavy atom. The van der Waals surface area contributed by atoms with Crippen molar-refractivity contribution in [2.24, 2.45) is 0 Å². The fourth-order valence-electron chi connectivity index (χ4n) is 2.60. The summed E-state index contributed by atoms with van der Waals surface area (Å²) in [7, 11) is 1.65. The molecule has 0 spiro atoms. The normalized spacial score (nSPS) is 10.6. The number of nitrogens with one attached hydrogen (secondary N) is 1. The van der Waals surface area contributed by atoms with Crippen molar-refractivity contribution < 1.29 is 14.1 Å². The van der Waals surface area contributed by atoms with Crippen LogP contribution in [0.15, 0.2) is 53.3 Å². The first-order valence-corrected chi connectivity index (χ1v) is 8.87. The topological polar surface area (TPSA) is 90.1 Å². The highest BCUT2D eigenvalue weighted by Crippen LogP contribution is 2.15. The molecule has 0 unspecified atom stereocenters. The highest BCUT2D eigenvalue weighted by atomic mass is 16.5. The van der Waals surface area contributed by atoms with Gasteiger partial charge in [-0.2, -0.15) is 4.98 Å². The number of nitrogens with zero attached hydrogens (tertiary/aromatic N) is 3. The van der Waals surface area contributed by atoms with Crippen LogP contribution in [-0.4, -0.2) is 34.7 Å². The van der Waals surface area contributed by atoms with E-state index in [0.717, 1.165) is 24.2 Å². The van der Waals surface area contributed by atoms with Crippen LogP contribution in [0.5, 0.6) is 5.75 Å². The number of pyridine rings is 1. The molecule has 140 valence electrons. The summed E-state index contributed by atoms with van der Waals surface area (Å²) in [6, 6.07) is 11.6. The van der Waals surface area contributed by atoms with Gasteiger partial charge in [0.2, 0.25) is 17.6 Å². The molecule has 0 atom stereocenters. The zero-order valence-corrected chi connectivity index (χ0v) is 15.2. The smallest absolute Gasteiger partial charge is 0.227 e. The molecule has 7 nitrogen and oxygen atoms in total. The maximum Gasteiger partial charge on any atom is 0.227 e. The minimum atomic E-state index is -0.0200. The van der Waals surface area contributed by atoms with Gasteiger partial charge in [0.05, 0.1) is 7.11 Å². The van der Waals surface area contributed by atoms with Crippen molar-refractivity contribution in [3.8, 4) is 17.1 Å². The first-order chi connectivity index (χ1) is 13.2. The number of hydrogen-bond acceptors (Lipinski definition) is 6. The summed E-state index contributed by atoms with van der Waals surface area (Å²) in [4.78, 5) is 20.2. The molecule has 0 aliphatic rings. The number of amides is 1. The minimum Gasteiger partial charge on any atom is -0.497 e. The fourth-order valence-corrected chi connectivity index (χ4v) is 2.60. The second kappa shape index (κ2) is 9.47. The molecular formula is C20H22N4O3. The third-order valence-electron chi connectivity index (χ3n) is 4.10. The molecule has 3 rings (SSSR count). The molecule has 7 heteroatoms. The van der Waals surface area contributed by atoms with E-state index < -0.39 is 0 Å². The van der Waals surface area contributed by atoms with Gasteiger partial charge < -0.3 is 14.6 Å². The van der Waals surface area contributed by atoms with Gasteiger partial charge in [-0.15, -0.1) is 0 Å². The van der Waals surface area contributed by atoms with Crippen molar-refractivity contribution in [3.63, 3.8) is 0 Å². The van der Waals surface area contributed by atoms with Crippen molar-refractivity contribution in [1.82, 2.24) is 20.4 Å². The van der Waals surface area contributed by atoms with Crippen molar-refractivity contribution in [3.05, 3.63) is 60.2 Å². The van der Waals surface area contributed by atoms with Gasteiger partial charge in [-0.1, -0.05) is 17.3 Å². The predicted molar refractivity (Wildman–Crippen MR) is 100 cm³/mol. The van der Waals surface area contributed by atoms with Crippen LogP contribution in [0, 0.1) is 0 Å². The van der Waals surface area contributed by atoms with E-state index in [1.54, 1.807) is 19.5 Å². The summed E-state index contributed by atoms with van der Waals surface area (Å²) in [6.45, 7) is 0.636. The summed E-state index contributed by atoms with van der Waals surface area (Å²) in [5.74, 6) is 1.79. The summed E-state index contributed by atoms with van der Waals surface area (Å²) in [5, 5.41) is 6.85. The Kier molecular flexibility index (Phi) is 6.51. The van der Waals surface area contributed by atoms with Gasteiger partial charge in [0.15, 0.2) is 0 Å². The molecule has 1 N–H and O–H groups in total. The number of methoxy groups -OCH3 is 1. The third kappa shape index (κ3) is 5.64. The standard InChI is InChI=1S/C20H22N4O3/c1-26-17-6-4-15(5-7-17)3-2-12-22-18(25)8-9-19-23-20(24-27-19)16-10-13-21-14-11-16/h4-7,10-11,13-14H,2-3,8-9,12H2,1H3,(H,22,25). The van der Waals surface area contributed by atoms with Gasteiger partial charge in [-0.05, 0) is 42.7 Å². The molecule has 1 amide bonds. The lowest BCUT2D eigenvalue weighted by molar-refractivity contribution is -0.121. The Balaban J connectivity index is 1.35. The molecule has 0 saturated heterocycles. The first-order valence-electron chi connectivity index (χ1n) is 8.87. The molecule has 3 aromatic rings. The van der Waals surface area contributed by atoms with E-state index in [9.17, 15) is 4.79 Å². The number of hydrogen-bond donors (Lipinski definition) is 1. The molecule has 0 aliphatic heterocycles. The summed E-state index contributed by atoms with van der Waals surface area (Å²) in [6.07, 6.45) is 5.87. The minimum absolute atomic E-state index is 0.0200. The Morgan fingerprint density at radius 1 is 1.11 bits per heavy atom. The van der Waals surface area contributed by atoms with Crippen LogP contribution in [0.4, 0.5) is 0 Å². The SMILES string of the molecule is COc1ccc(CCCNC(=O)CCc2nc(-c3ccncc3)no2)cc1. The molecule has 1 aromatic carbocycles. The highest BCUT2D eigenvalue weighted by Gasteiger charge is 2.10. The number of rotatable bonds is 9. The number of carbonyl (C=O) groups is 1. The van der Waals surface area contributed by atoms with Gasteiger partial charge in [-0.25, -0.2) is 0 Å². The van der Waals surface area contributed by atoms with E-state index in [0.29, 0.717) is 31.1 Å². The second-order valence-corrected chi connectivity index (χ2v) is 6.05. The third-order valence-corrected chi connectivity index (χ3v) is 4.10. The zero-order chi connectivity index (χ0) is 18.9. The number of aryl methyl sites for hydroxylation is 2. The quantitative estimate of drug-likeness (QED) is 0.586. The second-order valence-electron chi connectivity index (χ2n) is 6.05. The molecule has 0 radical (unpaired) electrons. The van der Waals surface area contributed by atoms with Crippen LogP contribution in [0.2, 0.25) is 0 Å². The van der Waals surface area contributed by atoms with Crippen molar-refractivity contribution >= 4 is 5.91 Å². The number of ether oxygens (including phenoxy) is 1. The van der Waals surface area contributed by atoms with E-state index in [2.05, 4.69) is 20.4 Å². The maximum atomic E-state index is 12.0. The summed E-state index contributed by atoms with van der Waals surface area (Å²) >= 11 is 0. The van der Waals surface area contributed by atoms with E-state index in [4.69, 9.17) is 9.26 Å². The van der Waals surface area contributed by atoms with E-state index in [-0.39, 0.29) is 5.91 Å². The Labute approximate surface area is 157 Å². The van der Waals surface area contributed by atoms with E-state index >= 15 is 0 Å². The Morgan fingerprint density at radius 3 is 2.63 bits per heavy atom. The molecule has 27 heavy (non-hydrogen) atoms. The molecule has 0 saturated carbocycles. The maximum absolute atomic E-state index is 12.0. The lowest BCUT2D eigenvalue weighted by atomic mass is 10.1. The van der Waals surface area contributed by atoms with Crippen LogP contribution in [-0.2, 0) is 17.6 Å². The summed E-state index contributed by atoms with van der Waals surface area (Å²) < 4.78 is 10.3. The highest BCUT2D eigenvalue weighted by molar-refractivity contribution is 5.76. The van der Waals surface area contributed by atoms with Gasteiger partial charge >= 0.3 is 0 Å². The van der Waals surface area contributed by atoms with Gasteiger partial charge in [0.1, 0.15) is 5.75 Å². The van der Waals surface area contributed by atoms with Crippen LogP contribution in [0.25, 0.3) is 11.4 Å². The lowest BCUT2D eigenvalue weighted by Crippen LogP contribution is -2.25. The molecule has 0 aliphatic carbocycles. The summed E-state index contributed by atoms with van der Waals surface area (Å²) in [5.41, 5.74) is 2.06. The monoisotopic (exact) mass is 366 g/mol. The first kappa shape index (κ1) is 18.6. The number of aromatic nitrogens is 3. The number of benzene rings is 1. The van der Waals surface area contributed by atoms with Crippen molar-refractivity contribution in [2.45, 2.75) is 25.7 Å². The van der Waals surface area contributed by atoms with E-state index in [1.165, 1.54) is 5.56 Å². The average Bonchev–Trinajstić information content (AvgIpc) is 3.20. The van der Waals surface area contributed by atoms with Crippen LogP contribution in [0.1, 0.15) is 24.3 Å². The molecule has 0 fully saturated rings. The van der Waals surface area contributed by atoms with Crippen molar-refractivity contribution in [2.75, 3.05) is 13.7 Å². The molecule has 2 aromatic heterocycles. The van der Waals surface area contributed by atoms with E-state index in [1.807, 2.05) is 36.4 Å². The lowest BCUT2D eigenvalue weighted by Gasteiger charge is -2.05. The molecule has 0 bridgehead atoms. The van der Waals surface area contributed by atoms with Gasteiger partial charge in [0.25, 0.3) is 0 Å². The van der Waals surface area contributed by atoms with Gasteiger partial charge in [0, 0.05) is 37.3 Å². The fraction of sp³-hybridized carbons (Fsp3) is 0.300. The van der Waals surface area contributed by atoms with Crippen LogP contribution in [0.3, 0.4) is 0 Å². The average molecular weight is 366 g/mol. The molecular weight excluding hydrogens is 344 g/mol. The van der Waals surface area contributed by atoms with Gasteiger partial charge in [-0.3, -0.25) is 9.78 Å². The largest absolute Gasteiger partial charge is 0.497 e. The van der Waals surface area contributed by atoms with Crippen molar-refractivity contribution in [1.29, 1.82) is 0 Å². The Bertz CT molecular complexity index is 847. The molecule has 2 heterocycles. The number of carbonyl (C=O) groups excluding carboxylic acids is 1. The predicted octanol–water partition coefficient (Wildman–Crippen LogP) is 2.82. The Hall–Kier alpha value is -3.22.